The average molecular weight is 248 g/mol. The smallest absolute Gasteiger partial charge is 0.240 e. The number of hydrogen-bond donors (Lipinski definition) is 1. The maximum Gasteiger partial charge on any atom is 0.240 e. The molecule has 1 N–H and O–H groups in total. The Labute approximate surface area is 103 Å². The lowest BCUT2D eigenvalue weighted by molar-refractivity contribution is -0.134. The fourth-order valence-electron chi connectivity index (χ4n) is 2.31. The Balaban J connectivity index is 2.56. The molecule has 4 heteroatoms. The second kappa shape index (κ2) is 5.87. The van der Waals surface area contributed by atoms with Crippen LogP contribution in [-0.2, 0) is 4.79 Å². The van der Waals surface area contributed by atoms with Crippen LogP contribution in [0.3, 0.4) is 0 Å². The van der Waals surface area contributed by atoms with E-state index in [0.29, 0.717) is 25.4 Å². The predicted molar refractivity (Wildman–Crippen MR) is 65.5 cm³/mol. The normalized spacial score (nSPS) is 28.2. The highest BCUT2D eigenvalue weighted by Crippen LogP contribution is 2.24. The number of halogens is 1. The molecule has 1 rings (SSSR count). The zero-order valence-corrected chi connectivity index (χ0v) is 11.1. The van der Waals surface area contributed by atoms with Gasteiger partial charge in [0.1, 0.15) is 5.38 Å². The number of likely N-dealkylation sites (tertiary alicyclic amines) is 1. The van der Waals surface area contributed by atoms with Gasteiger partial charge in [0.25, 0.3) is 0 Å². The van der Waals surface area contributed by atoms with Crippen molar-refractivity contribution in [1.82, 2.24) is 4.90 Å². The molecule has 1 saturated heterocycles. The summed E-state index contributed by atoms with van der Waals surface area (Å²) in [4.78, 5) is 13.5. The van der Waals surface area contributed by atoms with Crippen molar-refractivity contribution in [2.75, 3.05) is 13.1 Å². The third-order valence-corrected chi connectivity index (χ3v) is 3.31. The average Bonchev–Trinajstić information content (AvgIpc) is 2.19. The molecule has 1 aliphatic heterocycles. The molecule has 0 bridgehead atoms. The number of aliphatic hydroxyl groups is 1. The zero-order valence-electron chi connectivity index (χ0n) is 10.3. The third kappa shape index (κ3) is 3.63. The summed E-state index contributed by atoms with van der Waals surface area (Å²) < 4.78 is 0. The molecular weight excluding hydrogens is 226 g/mol. The number of piperidine rings is 1. The van der Waals surface area contributed by atoms with Crippen LogP contribution in [0, 0.1) is 11.8 Å². The summed E-state index contributed by atoms with van der Waals surface area (Å²) in [7, 11) is 0. The molecule has 1 fully saturated rings. The molecule has 94 valence electrons. The van der Waals surface area contributed by atoms with Gasteiger partial charge in [0.2, 0.25) is 5.91 Å². The molecule has 0 aliphatic carbocycles. The lowest BCUT2D eigenvalue weighted by Gasteiger charge is -2.37. The van der Waals surface area contributed by atoms with E-state index >= 15 is 0 Å². The minimum atomic E-state index is -0.463. The number of nitrogens with zero attached hydrogens (tertiary/aromatic N) is 1. The lowest BCUT2D eigenvalue weighted by atomic mass is 9.87. The number of carbonyl (C=O) groups excluding carboxylic acids is 1. The summed E-state index contributed by atoms with van der Waals surface area (Å²) >= 11 is 5.80. The van der Waals surface area contributed by atoms with Crippen LogP contribution in [0.2, 0.25) is 0 Å². The van der Waals surface area contributed by atoms with Crippen molar-refractivity contribution in [3.05, 3.63) is 0 Å². The van der Waals surface area contributed by atoms with E-state index in [1.165, 1.54) is 0 Å². The van der Waals surface area contributed by atoms with Gasteiger partial charge < -0.3 is 10.0 Å². The Morgan fingerprint density at radius 3 is 2.62 bits per heavy atom. The Morgan fingerprint density at radius 2 is 2.12 bits per heavy atom. The quantitative estimate of drug-likeness (QED) is 0.774. The minimum Gasteiger partial charge on any atom is -0.393 e. The topological polar surface area (TPSA) is 40.5 Å². The van der Waals surface area contributed by atoms with E-state index in [1.54, 1.807) is 11.8 Å². The molecule has 1 amide bonds. The fraction of sp³-hybridized carbons (Fsp3) is 0.917. The molecule has 1 heterocycles. The Bertz CT molecular complexity index is 243. The highest BCUT2D eigenvalue weighted by Gasteiger charge is 2.31. The van der Waals surface area contributed by atoms with Crippen LogP contribution >= 0.6 is 11.6 Å². The van der Waals surface area contributed by atoms with Gasteiger partial charge in [-0.25, -0.2) is 0 Å². The van der Waals surface area contributed by atoms with Crippen molar-refractivity contribution in [2.45, 2.75) is 45.1 Å². The molecule has 3 nitrogen and oxygen atoms in total. The van der Waals surface area contributed by atoms with Crippen LogP contribution < -0.4 is 0 Å². The van der Waals surface area contributed by atoms with E-state index in [9.17, 15) is 9.90 Å². The summed E-state index contributed by atoms with van der Waals surface area (Å²) in [6, 6.07) is 0. The molecule has 3 atom stereocenters. The number of hydrogen-bond acceptors (Lipinski definition) is 2. The monoisotopic (exact) mass is 247 g/mol. The summed E-state index contributed by atoms with van der Waals surface area (Å²) in [6.45, 7) is 7.25. The maximum absolute atomic E-state index is 11.7. The molecule has 0 aromatic heterocycles. The molecule has 16 heavy (non-hydrogen) atoms. The highest BCUT2D eigenvalue weighted by atomic mass is 35.5. The van der Waals surface area contributed by atoms with E-state index in [1.807, 2.05) is 0 Å². The first-order valence-corrected chi connectivity index (χ1v) is 6.46. The molecule has 0 radical (unpaired) electrons. The van der Waals surface area contributed by atoms with Gasteiger partial charge in [-0.15, -0.1) is 11.6 Å². The van der Waals surface area contributed by atoms with Crippen molar-refractivity contribution >= 4 is 17.5 Å². The second-order valence-electron chi connectivity index (χ2n) is 5.15. The van der Waals surface area contributed by atoms with Gasteiger partial charge in [-0.3, -0.25) is 4.79 Å². The second-order valence-corrected chi connectivity index (χ2v) is 5.80. The van der Waals surface area contributed by atoms with E-state index in [2.05, 4.69) is 13.8 Å². The van der Waals surface area contributed by atoms with Crippen molar-refractivity contribution < 1.29 is 9.90 Å². The first kappa shape index (κ1) is 13.8. The predicted octanol–water partition coefficient (Wildman–Crippen LogP) is 1.87. The maximum atomic E-state index is 11.7. The van der Waals surface area contributed by atoms with Crippen molar-refractivity contribution in [3.63, 3.8) is 0 Å². The summed E-state index contributed by atoms with van der Waals surface area (Å²) in [6.07, 6.45) is 1.37. The Hall–Kier alpha value is -0.280. The van der Waals surface area contributed by atoms with Gasteiger partial charge in [-0.1, -0.05) is 13.8 Å². The molecule has 0 aromatic carbocycles. The third-order valence-electron chi connectivity index (χ3n) is 3.12. The highest BCUT2D eigenvalue weighted by molar-refractivity contribution is 6.30. The van der Waals surface area contributed by atoms with Crippen LogP contribution in [-0.4, -0.2) is 40.5 Å². The van der Waals surface area contributed by atoms with Gasteiger partial charge in [0.15, 0.2) is 0 Å². The van der Waals surface area contributed by atoms with Crippen molar-refractivity contribution in [3.8, 4) is 0 Å². The van der Waals surface area contributed by atoms with Crippen molar-refractivity contribution in [2.24, 2.45) is 11.8 Å². The first-order valence-electron chi connectivity index (χ1n) is 6.02. The van der Waals surface area contributed by atoms with Gasteiger partial charge in [0, 0.05) is 19.0 Å². The first-order chi connectivity index (χ1) is 7.41. The molecule has 0 unspecified atom stereocenters. The van der Waals surface area contributed by atoms with E-state index in [0.717, 1.165) is 6.42 Å². The molecule has 0 saturated carbocycles. The standard InChI is InChI=1S/C12H22ClNO2/c1-8(2)6-10-7-14(5-4-11(10)15)12(16)9(3)13/h8-11,15H,4-7H2,1-3H3/t9-,10-,11+/m1/s1. The number of rotatable bonds is 3. The van der Waals surface area contributed by atoms with Crippen LogP contribution in [0.5, 0.6) is 0 Å². The van der Waals surface area contributed by atoms with Gasteiger partial charge in [-0.2, -0.15) is 0 Å². The fourth-order valence-corrected chi connectivity index (χ4v) is 2.45. The van der Waals surface area contributed by atoms with Crippen LogP contribution in [0.4, 0.5) is 0 Å². The van der Waals surface area contributed by atoms with Crippen LogP contribution in [0.15, 0.2) is 0 Å². The number of alkyl halides is 1. The van der Waals surface area contributed by atoms with Gasteiger partial charge >= 0.3 is 0 Å². The van der Waals surface area contributed by atoms with Crippen LogP contribution in [0.25, 0.3) is 0 Å². The Morgan fingerprint density at radius 1 is 1.50 bits per heavy atom. The van der Waals surface area contributed by atoms with Gasteiger partial charge in [0.05, 0.1) is 6.10 Å². The molecule has 0 aromatic rings. The van der Waals surface area contributed by atoms with Gasteiger partial charge in [-0.05, 0) is 25.7 Å². The minimum absolute atomic E-state index is 0.0117. The number of carbonyl (C=O) groups is 1. The lowest BCUT2D eigenvalue weighted by Crippen LogP contribution is -2.48. The molecular formula is C12H22ClNO2. The van der Waals surface area contributed by atoms with Crippen LogP contribution in [0.1, 0.15) is 33.6 Å². The number of aliphatic hydroxyl groups excluding tert-OH is 1. The van der Waals surface area contributed by atoms with E-state index in [-0.39, 0.29) is 17.9 Å². The van der Waals surface area contributed by atoms with E-state index < -0.39 is 5.38 Å². The number of amides is 1. The summed E-state index contributed by atoms with van der Waals surface area (Å²) in [5.74, 6) is 0.735. The molecule has 0 spiro atoms. The zero-order chi connectivity index (χ0) is 12.3. The summed E-state index contributed by atoms with van der Waals surface area (Å²) in [5.41, 5.74) is 0. The Kier molecular flexibility index (Phi) is 5.06. The molecule has 1 aliphatic rings. The SMILES string of the molecule is CC(C)C[C@@H]1CN(C(=O)[C@@H](C)Cl)CC[C@@H]1O. The summed E-state index contributed by atoms with van der Waals surface area (Å²) in [5, 5.41) is 9.42. The largest absolute Gasteiger partial charge is 0.393 e. The van der Waals surface area contributed by atoms with Crippen molar-refractivity contribution in [1.29, 1.82) is 0 Å². The van der Waals surface area contributed by atoms with E-state index in [4.69, 9.17) is 11.6 Å².